The average molecular weight is 597 g/mol. The molecule has 3 aliphatic heterocycles. The summed E-state index contributed by atoms with van der Waals surface area (Å²) >= 11 is 0. The van der Waals surface area contributed by atoms with Crippen LogP contribution in [-0.4, -0.2) is 19.1 Å². The third-order valence-corrected chi connectivity index (χ3v) is 8.25. The van der Waals surface area contributed by atoms with Crippen molar-refractivity contribution in [3.8, 4) is 11.4 Å². The van der Waals surface area contributed by atoms with E-state index in [9.17, 15) is 0 Å². The smallest absolute Gasteiger partial charge is 0.141 e. The molecule has 8 bridgehead atoms. The minimum absolute atomic E-state index is 0.790. The predicted molar refractivity (Wildman–Crippen MR) is 183 cm³/mol. The van der Waals surface area contributed by atoms with Crippen LogP contribution in [0.3, 0.4) is 0 Å². The Bertz CT molecular complexity index is 2030. The first kappa shape index (κ1) is 25.9. The minimum atomic E-state index is 0.790. The molecule has 8 heteroatoms. The molecule has 0 saturated carbocycles. The van der Waals surface area contributed by atoms with Gasteiger partial charge in [-0.1, -0.05) is 72.8 Å². The monoisotopic (exact) mass is 596 g/mol. The fourth-order valence-corrected chi connectivity index (χ4v) is 6.02. The van der Waals surface area contributed by atoms with Crippen LogP contribution in [-0.2, 0) is 0 Å². The second-order valence-electron chi connectivity index (χ2n) is 11.2. The van der Waals surface area contributed by atoms with Gasteiger partial charge in [-0.2, -0.15) is 0 Å². The van der Waals surface area contributed by atoms with Crippen molar-refractivity contribution in [1.29, 1.82) is 0 Å². The first-order valence-corrected chi connectivity index (χ1v) is 15.2. The van der Waals surface area contributed by atoms with Gasteiger partial charge in [0.15, 0.2) is 0 Å². The Hall–Kier alpha value is -6.54. The van der Waals surface area contributed by atoms with E-state index in [0.29, 0.717) is 0 Å². The Morgan fingerprint density at radius 3 is 1.13 bits per heavy atom. The van der Waals surface area contributed by atoms with Crippen LogP contribution in [0.1, 0.15) is 23.0 Å². The Morgan fingerprint density at radius 2 is 0.761 bits per heavy atom. The summed E-state index contributed by atoms with van der Waals surface area (Å²) in [6.07, 6.45) is 12.6. The zero-order valence-corrected chi connectivity index (χ0v) is 24.7. The van der Waals surface area contributed by atoms with Crippen molar-refractivity contribution in [2.75, 3.05) is 9.80 Å². The van der Waals surface area contributed by atoms with Crippen LogP contribution < -0.4 is 20.4 Å². The molecular formula is C38H28N8. The number of hydrogen-bond acceptors (Lipinski definition) is 6. The number of imidazole rings is 2. The molecule has 5 heterocycles. The van der Waals surface area contributed by atoms with Crippen LogP contribution in [0.4, 0.5) is 11.4 Å². The summed E-state index contributed by atoms with van der Waals surface area (Å²) < 4.78 is 4.26. The molecule has 4 aromatic carbocycles. The van der Waals surface area contributed by atoms with E-state index in [1.54, 1.807) is 0 Å². The molecule has 3 aliphatic rings. The van der Waals surface area contributed by atoms with Crippen molar-refractivity contribution in [2.24, 2.45) is 0 Å². The maximum atomic E-state index is 5.20. The second-order valence-corrected chi connectivity index (χ2v) is 11.2. The number of anilines is 2. The van der Waals surface area contributed by atoms with Crippen molar-refractivity contribution in [1.82, 2.24) is 29.7 Å². The standard InChI is InChI=1S/C38H28N8/c1-5-13-27(14-6-1)43-23-31-32-24-45(29-17-9-3-10-18-29)37(40-32)22-38-42-34(26-46(38)30-19-11-4-12-20-30)33-25-44(28-15-7-2-8-16-28)36(41-33)21-35(43)39-31/h1-26,39,42H. The topological polar surface area (TPSA) is 66.2 Å². The van der Waals surface area contributed by atoms with Gasteiger partial charge in [0.2, 0.25) is 0 Å². The van der Waals surface area contributed by atoms with Crippen LogP contribution in [0.15, 0.2) is 158 Å². The summed E-state index contributed by atoms with van der Waals surface area (Å²) in [5.41, 5.74) is 7.53. The third-order valence-electron chi connectivity index (χ3n) is 8.25. The van der Waals surface area contributed by atoms with E-state index < -0.39 is 0 Å². The van der Waals surface area contributed by atoms with Gasteiger partial charge in [0.1, 0.15) is 34.7 Å². The van der Waals surface area contributed by atoms with Crippen molar-refractivity contribution >= 4 is 34.9 Å². The van der Waals surface area contributed by atoms with Crippen molar-refractivity contribution in [2.45, 2.75) is 0 Å². The molecule has 0 fully saturated rings. The summed E-state index contributed by atoms with van der Waals surface area (Å²) in [4.78, 5) is 14.7. The fourth-order valence-electron chi connectivity index (χ4n) is 6.02. The van der Waals surface area contributed by atoms with Gasteiger partial charge < -0.3 is 20.4 Å². The van der Waals surface area contributed by atoms with Gasteiger partial charge in [0, 0.05) is 59.7 Å². The van der Waals surface area contributed by atoms with Gasteiger partial charge in [-0.25, -0.2) is 9.97 Å². The lowest BCUT2D eigenvalue weighted by Crippen LogP contribution is -2.19. The summed E-state index contributed by atoms with van der Waals surface area (Å²) in [5.74, 6) is 3.33. The lowest BCUT2D eigenvalue weighted by Gasteiger charge is -2.18. The maximum Gasteiger partial charge on any atom is 0.141 e. The highest BCUT2D eigenvalue weighted by molar-refractivity contribution is 5.81. The zero-order valence-electron chi connectivity index (χ0n) is 24.7. The van der Waals surface area contributed by atoms with Crippen molar-refractivity contribution in [3.05, 3.63) is 181 Å². The van der Waals surface area contributed by atoms with E-state index >= 15 is 0 Å². The quantitative estimate of drug-likeness (QED) is 0.225. The van der Waals surface area contributed by atoms with Crippen LogP contribution in [0.5, 0.6) is 0 Å². The Balaban J connectivity index is 1.29. The Kier molecular flexibility index (Phi) is 5.95. The van der Waals surface area contributed by atoms with E-state index in [4.69, 9.17) is 9.97 Å². The van der Waals surface area contributed by atoms with Crippen molar-refractivity contribution < 1.29 is 0 Å². The molecule has 0 spiro atoms. The van der Waals surface area contributed by atoms with Gasteiger partial charge in [0.05, 0.1) is 11.4 Å². The molecular weight excluding hydrogens is 568 g/mol. The van der Waals surface area contributed by atoms with E-state index in [0.717, 1.165) is 68.8 Å². The molecule has 0 aliphatic carbocycles. The molecule has 2 aromatic heterocycles. The van der Waals surface area contributed by atoms with Crippen molar-refractivity contribution in [3.63, 3.8) is 0 Å². The van der Waals surface area contributed by atoms with Crippen LogP contribution in [0, 0.1) is 0 Å². The molecule has 0 radical (unpaired) electrons. The Morgan fingerprint density at radius 1 is 0.413 bits per heavy atom. The molecule has 2 N–H and O–H groups in total. The number of rotatable bonds is 4. The summed E-state index contributed by atoms with van der Waals surface area (Å²) in [6.45, 7) is 0. The first-order valence-electron chi connectivity index (χ1n) is 15.2. The minimum Gasteiger partial charge on any atom is -0.338 e. The number of fused-ring (bicyclic) bond motifs is 10. The number of nitrogens with one attached hydrogen (secondary N) is 2. The molecule has 220 valence electrons. The molecule has 0 amide bonds. The molecule has 0 unspecified atom stereocenters. The molecule has 9 rings (SSSR count). The normalized spacial score (nSPS) is 14.9. The van der Waals surface area contributed by atoms with Gasteiger partial charge in [-0.3, -0.25) is 9.13 Å². The van der Waals surface area contributed by atoms with Gasteiger partial charge in [0.25, 0.3) is 0 Å². The summed E-state index contributed by atoms with van der Waals surface area (Å²) in [6, 6.07) is 41.3. The number of nitrogens with zero attached hydrogens (tertiary/aromatic N) is 6. The third kappa shape index (κ3) is 4.48. The van der Waals surface area contributed by atoms with E-state index in [-0.39, 0.29) is 0 Å². The Labute approximate surface area is 266 Å². The zero-order chi connectivity index (χ0) is 30.5. The number of hydrogen-bond donors (Lipinski definition) is 2. The molecule has 46 heavy (non-hydrogen) atoms. The average Bonchev–Trinajstić information content (AvgIpc) is 3.92. The molecule has 0 atom stereocenters. The second kappa shape index (κ2) is 10.6. The van der Waals surface area contributed by atoms with Gasteiger partial charge in [-0.05, 0) is 48.5 Å². The number of aromatic nitrogens is 4. The van der Waals surface area contributed by atoms with Crippen LogP contribution in [0.25, 0.3) is 34.9 Å². The molecule has 6 aromatic rings. The van der Waals surface area contributed by atoms with E-state index in [2.05, 4.69) is 115 Å². The van der Waals surface area contributed by atoms with Crippen LogP contribution >= 0.6 is 0 Å². The van der Waals surface area contributed by atoms with Gasteiger partial charge in [-0.15, -0.1) is 0 Å². The first-order chi connectivity index (χ1) is 22.8. The number of para-hydroxylation sites is 4. The summed E-state index contributed by atoms with van der Waals surface area (Å²) in [7, 11) is 0. The van der Waals surface area contributed by atoms with E-state index in [1.807, 2.05) is 72.8 Å². The summed E-state index contributed by atoms with van der Waals surface area (Å²) in [5, 5.41) is 7.35. The molecule has 8 nitrogen and oxygen atoms in total. The highest BCUT2D eigenvalue weighted by atomic mass is 15.3. The van der Waals surface area contributed by atoms with Crippen LogP contribution in [0.2, 0.25) is 0 Å². The highest BCUT2D eigenvalue weighted by Crippen LogP contribution is 2.34. The highest BCUT2D eigenvalue weighted by Gasteiger charge is 2.28. The molecule has 0 saturated heterocycles. The SMILES string of the molecule is C1=C2NC(=Cc3nc(cn3-c3ccccc3)C3=CN(c4ccccc4)C(=Cc4nc2cn4-c2ccccc2)N3)N1c1ccccc1. The number of benzene rings is 4. The predicted octanol–water partition coefficient (Wildman–Crippen LogP) is 7.19. The fraction of sp³-hybridized carbons (Fsp3) is 0. The van der Waals surface area contributed by atoms with Gasteiger partial charge >= 0.3 is 0 Å². The lowest BCUT2D eigenvalue weighted by atomic mass is 10.3. The van der Waals surface area contributed by atoms with E-state index in [1.165, 1.54) is 0 Å². The largest absolute Gasteiger partial charge is 0.338 e. The maximum absolute atomic E-state index is 5.20. The lowest BCUT2D eigenvalue weighted by molar-refractivity contribution is 1.01.